The van der Waals surface area contributed by atoms with Crippen molar-refractivity contribution in [1.29, 1.82) is 0 Å². The van der Waals surface area contributed by atoms with Crippen LogP contribution in [0.2, 0.25) is 0 Å². The molecular formula is C14H21N3O5S. The Morgan fingerprint density at radius 3 is 2.35 bits per heavy atom. The Morgan fingerprint density at radius 1 is 1.30 bits per heavy atom. The summed E-state index contributed by atoms with van der Waals surface area (Å²) in [6.07, 6.45) is 0.289. The van der Waals surface area contributed by atoms with Crippen LogP contribution in [0.25, 0.3) is 0 Å². The van der Waals surface area contributed by atoms with Gasteiger partial charge in [0.05, 0.1) is 4.92 Å². The average Bonchev–Trinajstić information content (AvgIpc) is 2.44. The summed E-state index contributed by atoms with van der Waals surface area (Å²) in [4.78, 5) is 23.3. The predicted octanol–water partition coefficient (Wildman–Crippen LogP) is 1.38. The standard InChI is InChI=1S/C14H21N3O5S/c1-10(2)9-11(14(18)16(3)4)15-23(21,22)13-8-6-5-7-12(13)17(19)20/h5-8,10-11,15H,9H2,1-4H3/t11-/m1/s1. The van der Waals surface area contributed by atoms with E-state index in [1.165, 1.54) is 31.1 Å². The van der Waals surface area contributed by atoms with Crippen LogP contribution in [0.15, 0.2) is 29.2 Å². The summed E-state index contributed by atoms with van der Waals surface area (Å²) in [6.45, 7) is 3.71. The lowest BCUT2D eigenvalue weighted by atomic mass is 10.0. The van der Waals surface area contributed by atoms with Crippen molar-refractivity contribution in [3.05, 3.63) is 34.4 Å². The summed E-state index contributed by atoms with van der Waals surface area (Å²) in [5.74, 6) is -0.335. The fourth-order valence-corrected chi connectivity index (χ4v) is 3.44. The summed E-state index contributed by atoms with van der Waals surface area (Å²) in [5, 5.41) is 11.0. The molecule has 0 unspecified atom stereocenters. The second-order valence-electron chi connectivity index (χ2n) is 5.76. The summed E-state index contributed by atoms with van der Waals surface area (Å²) in [7, 11) is -1.15. The lowest BCUT2D eigenvalue weighted by molar-refractivity contribution is -0.387. The highest BCUT2D eigenvalue weighted by atomic mass is 32.2. The minimum absolute atomic E-state index is 0.0670. The van der Waals surface area contributed by atoms with E-state index in [1.54, 1.807) is 0 Å². The summed E-state index contributed by atoms with van der Waals surface area (Å²) in [6, 6.07) is 4.06. The molecule has 0 aromatic heterocycles. The quantitative estimate of drug-likeness (QED) is 0.594. The Kier molecular flexibility index (Phi) is 6.22. The molecular weight excluding hydrogens is 322 g/mol. The van der Waals surface area contributed by atoms with E-state index < -0.39 is 37.5 Å². The van der Waals surface area contributed by atoms with Crippen molar-refractivity contribution in [3.8, 4) is 0 Å². The van der Waals surface area contributed by atoms with Crippen LogP contribution >= 0.6 is 0 Å². The Morgan fingerprint density at radius 2 is 1.87 bits per heavy atom. The number of amides is 1. The number of benzene rings is 1. The number of hydrogen-bond donors (Lipinski definition) is 1. The third kappa shape index (κ3) is 5.00. The fourth-order valence-electron chi connectivity index (χ4n) is 2.07. The molecule has 0 saturated heterocycles. The Hall–Kier alpha value is -2.00. The van der Waals surface area contributed by atoms with E-state index in [1.807, 2.05) is 13.8 Å². The number of carbonyl (C=O) groups excluding carboxylic acids is 1. The number of likely N-dealkylation sites (N-methyl/N-ethyl adjacent to an activating group) is 1. The van der Waals surface area contributed by atoms with Crippen LogP contribution < -0.4 is 4.72 Å². The first-order valence-corrected chi connectivity index (χ1v) is 8.51. The maximum atomic E-state index is 12.5. The number of nitro groups is 1. The number of nitro benzene ring substituents is 1. The molecule has 0 aliphatic heterocycles. The zero-order valence-electron chi connectivity index (χ0n) is 13.5. The Bertz CT molecular complexity index is 685. The van der Waals surface area contributed by atoms with Crippen molar-refractivity contribution in [2.24, 2.45) is 5.92 Å². The first-order valence-electron chi connectivity index (χ1n) is 7.03. The first kappa shape index (κ1) is 19.0. The van der Waals surface area contributed by atoms with E-state index in [4.69, 9.17) is 0 Å². The van der Waals surface area contributed by atoms with E-state index in [-0.39, 0.29) is 12.3 Å². The van der Waals surface area contributed by atoms with Crippen molar-refractivity contribution in [2.75, 3.05) is 14.1 Å². The maximum absolute atomic E-state index is 12.5. The van der Waals surface area contributed by atoms with Gasteiger partial charge in [0.15, 0.2) is 4.90 Å². The van der Waals surface area contributed by atoms with Gasteiger partial charge in [0.25, 0.3) is 5.69 Å². The van der Waals surface area contributed by atoms with Gasteiger partial charge in [-0.3, -0.25) is 14.9 Å². The minimum Gasteiger partial charge on any atom is -0.347 e. The van der Waals surface area contributed by atoms with Gasteiger partial charge in [-0.05, 0) is 18.4 Å². The van der Waals surface area contributed by atoms with Crippen LogP contribution in [-0.2, 0) is 14.8 Å². The van der Waals surface area contributed by atoms with Crippen molar-refractivity contribution < 1.29 is 18.1 Å². The highest BCUT2D eigenvalue weighted by Gasteiger charge is 2.31. The van der Waals surface area contributed by atoms with Crippen LogP contribution in [0.5, 0.6) is 0 Å². The molecule has 1 aromatic rings. The minimum atomic E-state index is -4.20. The van der Waals surface area contributed by atoms with Crippen LogP contribution in [0.4, 0.5) is 5.69 Å². The van der Waals surface area contributed by atoms with Crippen molar-refractivity contribution in [3.63, 3.8) is 0 Å². The van der Waals surface area contributed by atoms with Gasteiger partial charge in [0.2, 0.25) is 15.9 Å². The van der Waals surface area contributed by atoms with Crippen molar-refractivity contribution >= 4 is 21.6 Å². The number of hydrogen-bond acceptors (Lipinski definition) is 5. The van der Waals surface area contributed by atoms with Crippen molar-refractivity contribution in [2.45, 2.75) is 31.2 Å². The maximum Gasteiger partial charge on any atom is 0.289 e. The molecule has 0 heterocycles. The van der Waals surface area contributed by atoms with Crippen LogP contribution in [-0.4, -0.2) is 44.3 Å². The van der Waals surface area contributed by atoms with Gasteiger partial charge < -0.3 is 4.90 Å². The Balaban J connectivity index is 3.21. The molecule has 1 amide bonds. The van der Waals surface area contributed by atoms with E-state index >= 15 is 0 Å². The first-order chi connectivity index (χ1) is 10.6. The van der Waals surface area contributed by atoms with Crippen LogP contribution in [0.1, 0.15) is 20.3 Å². The van der Waals surface area contributed by atoms with Crippen LogP contribution in [0, 0.1) is 16.0 Å². The molecule has 0 bridgehead atoms. The molecule has 0 radical (unpaired) electrons. The number of nitrogens with one attached hydrogen (secondary N) is 1. The molecule has 0 fully saturated rings. The highest BCUT2D eigenvalue weighted by molar-refractivity contribution is 7.89. The highest BCUT2D eigenvalue weighted by Crippen LogP contribution is 2.23. The zero-order chi connectivity index (χ0) is 17.8. The van der Waals surface area contributed by atoms with E-state index in [0.717, 1.165) is 12.1 Å². The van der Waals surface area contributed by atoms with Gasteiger partial charge in [-0.25, -0.2) is 8.42 Å². The molecule has 0 aliphatic carbocycles. The van der Waals surface area contributed by atoms with Gasteiger partial charge in [0, 0.05) is 20.2 Å². The zero-order valence-corrected chi connectivity index (χ0v) is 14.3. The number of carbonyl (C=O) groups is 1. The number of nitrogens with zero attached hydrogens (tertiary/aromatic N) is 2. The predicted molar refractivity (Wildman–Crippen MR) is 85.4 cm³/mol. The molecule has 1 atom stereocenters. The SMILES string of the molecule is CC(C)C[C@@H](NS(=O)(=O)c1ccccc1[N+](=O)[O-])C(=O)N(C)C. The molecule has 9 heteroatoms. The van der Waals surface area contributed by atoms with Crippen LogP contribution in [0.3, 0.4) is 0 Å². The number of rotatable bonds is 7. The third-order valence-corrected chi connectivity index (χ3v) is 4.61. The lowest BCUT2D eigenvalue weighted by Crippen LogP contribution is -2.46. The summed E-state index contributed by atoms with van der Waals surface area (Å²) < 4.78 is 27.3. The van der Waals surface area contributed by atoms with Gasteiger partial charge in [-0.15, -0.1) is 0 Å². The molecule has 128 valence electrons. The molecule has 8 nitrogen and oxygen atoms in total. The molecule has 0 saturated carbocycles. The smallest absolute Gasteiger partial charge is 0.289 e. The Labute approximate surface area is 135 Å². The number of sulfonamides is 1. The van der Waals surface area contributed by atoms with Gasteiger partial charge in [-0.1, -0.05) is 26.0 Å². The molecule has 0 aliphatic rings. The average molecular weight is 343 g/mol. The van der Waals surface area contributed by atoms with E-state index in [9.17, 15) is 23.3 Å². The van der Waals surface area contributed by atoms with Gasteiger partial charge >= 0.3 is 0 Å². The molecule has 1 aromatic carbocycles. The molecule has 1 N–H and O–H groups in total. The number of para-hydroxylation sites is 1. The van der Waals surface area contributed by atoms with Gasteiger partial charge in [-0.2, -0.15) is 4.72 Å². The normalized spacial score (nSPS) is 12.9. The molecule has 23 heavy (non-hydrogen) atoms. The monoisotopic (exact) mass is 343 g/mol. The third-order valence-electron chi connectivity index (χ3n) is 3.09. The van der Waals surface area contributed by atoms with E-state index in [2.05, 4.69) is 4.72 Å². The lowest BCUT2D eigenvalue weighted by Gasteiger charge is -2.23. The fraction of sp³-hybridized carbons (Fsp3) is 0.500. The topological polar surface area (TPSA) is 110 Å². The largest absolute Gasteiger partial charge is 0.347 e. The summed E-state index contributed by atoms with van der Waals surface area (Å²) >= 11 is 0. The molecule has 0 spiro atoms. The van der Waals surface area contributed by atoms with E-state index in [0.29, 0.717) is 0 Å². The van der Waals surface area contributed by atoms with Crippen molar-refractivity contribution in [1.82, 2.24) is 9.62 Å². The van der Waals surface area contributed by atoms with Gasteiger partial charge in [0.1, 0.15) is 6.04 Å². The molecule has 1 rings (SSSR count). The second kappa shape index (κ2) is 7.51. The summed E-state index contributed by atoms with van der Waals surface area (Å²) in [5.41, 5.74) is -0.527. The second-order valence-corrected chi connectivity index (χ2v) is 7.44.